The van der Waals surface area contributed by atoms with Crippen molar-refractivity contribution >= 4 is 5.91 Å². The molecule has 4 nitrogen and oxygen atoms in total. The van der Waals surface area contributed by atoms with E-state index in [9.17, 15) is 4.79 Å². The Hall–Kier alpha value is -0.610. The number of nitrogens with one attached hydrogen (secondary N) is 1. The number of carbonyl (C=O) groups excluding carboxylic acids is 1. The van der Waals surface area contributed by atoms with Crippen LogP contribution in [-0.2, 0) is 9.53 Å². The van der Waals surface area contributed by atoms with Gasteiger partial charge in [0, 0.05) is 25.7 Å². The van der Waals surface area contributed by atoms with E-state index in [1.807, 2.05) is 0 Å². The van der Waals surface area contributed by atoms with Crippen LogP contribution in [0.1, 0.15) is 25.7 Å². The number of amides is 1. The second-order valence-electron chi connectivity index (χ2n) is 3.96. The molecule has 0 aromatic rings. The number of ether oxygens (including phenoxy) is 1. The van der Waals surface area contributed by atoms with E-state index in [0.717, 1.165) is 19.3 Å². The molecule has 3 N–H and O–H groups in total. The average molecular weight is 184 g/mol. The molecule has 0 bridgehead atoms. The van der Waals surface area contributed by atoms with Crippen LogP contribution < -0.4 is 11.1 Å². The summed E-state index contributed by atoms with van der Waals surface area (Å²) in [4.78, 5) is 11.3. The van der Waals surface area contributed by atoms with Crippen molar-refractivity contribution in [3.05, 3.63) is 0 Å². The predicted molar refractivity (Wildman–Crippen MR) is 48.1 cm³/mol. The van der Waals surface area contributed by atoms with Gasteiger partial charge in [0.2, 0.25) is 5.91 Å². The van der Waals surface area contributed by atoms with Crippen LogP contribution in [0.15, 0.2) is 0 Å². The maximum Gasteiger partial charge on any atom is 0.220 e. The van der Waals surface area contributed by atoms with Crippen LogP contribution in [0, 0.1) is 0 Å². The minimum absolute atomic E-state index is 0.106. The molecule has 1 atom stereocenters. The fraction of sp³-hybridized carbons (Fsp3) is 0.889. The summed E-state index contributed by atoms with van der Waals surface area (Å²) in [5, 5.41) is 3.04. The maximum atomic E-state index is 11.3. The predicted octanol–water partition coefficient (Wildman–Crippen LogP) is -0.227. The monoisotopic (exact) mass is 184 g/mol. The summed E-state index contributed by atoms with van der Waals surface area (Å²) in [5.74, 6) is 0.142. The first-order valence-electron chi connectivity index (χ1n) is 4.87. The lowest BCUT2D eigenvalue weighted by Gasteiger charge is -2.45. The quantitative estimate of drug-likeness (QED) is 0.546. The Kier molecular flexibility index (Phi) is 2.26. The molecule has 1 amide bonds. The molecule has 0 saturated carbocycles. The van der Waals surface area contributed by atoms with E-state index >= 15 is 0 Å². The Morgan fingerprint density at radius 3 is 2.85 bits per heavy atom. The highest BCUT2D eigenvalue weighted by Crippen LogP contribution is 2.28. The van der Waals surface area contributed by atoms with Gasteiger partial charge in [0.05, 0.1) is 5.54 Å². The summed E-state index contributed by atoms with van der Waals surface area (Å²) in [6.07, 6.45) is 3.11. The molecule has 13 heavy (non-hydrogen) atoms. The van der Waals surface area contributed by atoms with Crippen molar-refractivity contribution in [3.8, 4) is 0 Å². The highest BCUT2D eigenvalue weighted by Gasteiger charge is 2.42. The SMILES string of the molecule is N[C@H]1CCC(=O)NC12CCOCC2. The van der Waals surface area contributed by atoms with E-state index in [1.54, 1.807) is 0 Å². The molecule has 74 valence electrons. The molecule has 2 rings (SSSR count). The summed E-state index contributed by atoms with van der Waals surface area (Å²) in [7, 11) is 0. The second-order valence-corrected chi connectivity index (χ2v) is 3.96. The van der Waals surface area contributed by atoms with E-state index in [4.69, 9.17) is 10.5 Å². The van der Waals surface area contributed by atoms with E-state index in [-0.39, 0.29) is 17.5 Å². The molecule has 0 aromatic heterocycles. The topological polar surface area (TPSA) is 64.4 Å². The van der Waals surface area contributed by atoms with E-state index < -0.39 is 0 Å². The fourth-order valence-corrected chi connectivity index (χ4v) is 2.23. The van der Waals surface area contributed by atoms with Gasteiger partial charge in [-0.25, -0.2) is 0 Å². The highest BCUT2D eigenvalue weighted by atomic mass is 16.5. The molecule has 4 heteroatoms. The zero-order valence-corrected chi connectivity index (χ0v) is 7.71. The molecule has 2 fully saturated rings. The van der Waals surface area contributed by atoms with Crippen LogP contribution in [0.2, 0.25) is 0 Å². The van der Waals surface area contributed by atoms with Crippen LogP contribution in [0.25, 0.3) is 0 Å². The molecule has 2 saturated heterocycles. The van der Waals surface area contributed by atoms with Gasteiger partial charge >= 0.3 is 0 Å². The molecule has 0 aliphatic carbocycles. The van der Waals surface area contributed by atoms with Gasteiger partial charge in [0.15, 0.2) is 0 Å². The Bertz CT molecular complexity index is 212. The molecule has 0 unspecified atom stereocenters. The lowest BCUT2D eigenvalue weighted by molar-refractivity contribution is -0.127. The first-order chi connectivity index (χ1) is 6.23. The summed E-state index contributed by atoms with van der Waals surface area (Å²) in [6.45, 7) is 1.43. The van der Waals surface area contributed by atoms with Gasteiger partial charge in [-0.1, -0.05) is 0 Å². The minimum atomic E-state index is -0.159. The van der Waals surface area contributed by atoms with Crippen molar-refractivity contribution in [1.82, 2.24) is 5.32 Å². The number of piperidine rings is 1. The molecule has 2 aliphatic rings. The minimum Gasteiger partial charge on any atom is -0.381 e. The Morgan fingerprint density at radius 2 is 2.15 bits per heavy atom. The third-order valence-corrected chi connectivity index (χ3v) is 3.17. The van der Waals surface area contributed by atoms with Crippen LogP contribution in [0.4, 0.5) is 0 Å². The van der Waals surface area contributed by atoms with E-state index in [2.05, 4.69) is 5.32 Å². The number of hydrogen-bond donors (Lipinski definition) is 2. The third-order valence-electron chi connectivity index (χ3n) is 3.17. The van der Waals surface area contributed by atoms with Crippen molar-refractivity contribution in [1.29, 1.82) is 0 Å². The van der Waals surface area contributed by atoms with Gasteiger partial charge in [-0.2, -0.15) is 0 Å². The molecule has 1 spiro atoms. The zero-order chi connectivity index (χ0) is 9.31. The Morgan fingerprint density at radius 1 is 1.46 bits per heavy atom. The summed E-state index contributed by atoms with van der Waals surface area (Å²) >= 11 is 0. The summed E-state index contributed by atoms with van der Waals surface area (Å²) < 4.78 is 5.27. The van der Waals surface area contributed by atoms with Crippen molar-refractivity contribution in [3.63, 3.8) is 0 Å². The van der Waals surface area contributed by atoms with Gasteiger partial charge < -0.3 is 15.8 Å². The molecule has 2 heterocycles. The third kappa shape index (κ3) is 1.56. The van der Waals surface area contributed by atoms with Crippen LogP contribution in [0.5, 0.6) is 0 Å². The maximum absolute atomic E-state index is 11.3. The largest absolute Gasteiger partial charge is 0.381 e. The fourth-order valence-electron chi connectivity index (χ4n) is 2.23. The Labute approximate surface area is 77.8 Å². The smallest absolute Gasteiger partial charge is 0.220 e. The van der Waals surface area contributed by atoms with Crippen LogP contribution in [0.3, 0.4) is 0 Å². The van der Waals surface area contributed by atoms with E-state index in [0.29, 0.717) is 19.6 Å². The standard InChI is InChI=1S/C9H16N2O2/c10-7-1-2-8(12)11-9(7)3-5-13-6-4-9/h7H,1-6,10H2,(H,11,12)/t7-/m0/s1. The van der Waals surface area contributed by atoms with Gasteiger partial charge in [0.25, 0.3) is 0 Å². The summed E-state index contributed by atoms with van der Waals surface area (Å²) in [6, 6.07) is 0.106. The lowest BCUT2D eigenvalue weighted by atomic mass is 9.78. The number of carbonyl (C=O) groups is 1. The summed E-state index contributed by atoms with van der Waals surface area (Å²) in [5.41, 5.74) is 5.88. The second kappa shape index (κ2) is 3.27. The number of hydrogen-bond acceptors (Lipinski definition) is 3. The normalized spacial score (nSPS) is 33.0. The molecule has 2 aliphatic heterocycles. The molecular formula is C9H16N2O2. The lowest BCUT2D eigenvalue weighted by Crippen LogP contribution is -2.65. The molecular weight excluding hydrogens is 168 g/mol. The highest BCUT2D eigenvalue weighted by molar-refractivity contribution is 5.78. The van der Waals surface area contributed by atoms with Gasteiger partial charge in [-0.15, -0.1) is 0 Å². The van der Waals surface area contributed by atoms with Gasteiger partial charge in [0.1, 0.15) is 0 Å². The van der Waals surface area contributed by atoms with Gasteiger partial charge in [-0.05, 0) is 19.3 Å². The number of nitrogens with two attached hydrogens (primary N) is 1. The van der Waals surface area contributed by atoms with Crippen LogP contribution in [-0.4, -0.2) is 30.7 Å². The van der Waals surface area contributed by atoms with Crippen molar-refractivity contribution in [2.24, 2.45) is 5.73 Å². The van der Waals surface area contributed by atoms with Crippen molar-refractivity contribution < 1.29 is 9.53 Å². The first-order valence-corrected chi connectivity index (χ1v) is 4.87. The van der Waals surface area contributed by atoms with Crippen LogP contribution >= 0.6 is 0 Å². The average Bonchev–Trinajstić information content (AvgIpc) is 2.14. The molecule has 0 aromatic carbocycles. The van der Waals surface area contributed by atoms with Crippen molar-refractivity contribution in [2.45, 2.75) is 37.3 Å². The van der Waals surface area contributed by atoms with Crippen molar-refractivity contribution in [2.75, 3.05) is 13.2 Å². The number of rotatable bonds is 0. The zero-order valence-electron chi connectivity index (χ0n) is 7.71. The Balaban J connectivity index is 2.11. The first kappa shape index (κ1) is 8.97. The van der Waals surface area contributed by atoms with Gasteiger partial charge in [-0.3, -0.25) is 4.79 Å². The van der Waals surface area contributed by atoms with E-state index in [1.165, 1.54) is 0 Å². The molecule has 0 radical (unpaired) electrons.